The first-order chi connectivity index (χ1) is 14.1. The van der Waals surface area contributed by atoms with Gasteiger partial charge in [-0.2, -0.15) is 0 Å². The molecule has 0 aromatic heterocycles. The zero-order valence-electron chi connectivity index (χ0n) is 19.4. The first kappa shape index (κ1) is 29.1. The summed E-state index contributed by atoms with van der Waals surface area (Å²) in [6.45, 7) is 18.9. The molecule has 0 N–H and O–H groups in total. The molecular formula is C20H36O4P2S4. The Kier molecular flexibility index (Phi) is 13.3. The van der Waals surface area contributed by atoms with Gasteiger partial charge in [-0.25, -0.2) is 0 Å². The molecule has 0 aliphatic rings. The fourth-order valence-corrected chi connectivity index (χ4v) is 12.3. The van der Waals surface area contributed by atoms with Crippen LogP contribution in [-0.4, -0.2) is 26.4 Å². The molecule has 0 heterocycles. The van der Waals surface area contributed by atoms with Crippen molar-refractivity contribution in [2.45, 2.75) is 66.9 Å². The zero-order chi connectivity index (χ0) is 22.9. The summed E-state index contributed by atoms with van der Waals surface area (Å²) in [7, 11) is 0. The Balaban J connectivity index is 3.14. The van der Waals surface area contributed by atoms with E-state index in [0.717, 1.165) is 11.5 Å². The smallest absolute Gasteiger partial charge is 0.247 e. The first-order valence-corrected chi connectivity index (χ1v) is 18.7. The lowest BCUT2D eigenvalue weighted by atomic mass is 9.90. The van der Waals surface area contributed by atoms with E-state index in [1.54, 1.807) is 22.8 Å². The van der Waals surface area contributed by atoms with E-state index < -0.39 is 11.4 Å². The Morgan fingerprint density at radius 2 is 0.800 bits per heavy atom. The van der Waals surface area contributed by atoms with Gasteiger partial charge in [0.05, 0.1) is 26.4 Å². The Labute approximate surface area is 201 Å². The molecule has 0 saturated heterocycles. The van der Waals surface area contributed by atoms with E-state index in [4.69, 9.17) is 41.7 Å². The maximum atomic E-state index is 5.81. The average molecular weight is 531 g/mol. The van der Waals surface area contributed by atoms with Gasteiger partial charge in [0.1, 0.15) is 0 Å². The van der Waals surface area contributed by atoms with Gasteiger partial charge in [0.2, 0.25) is 11.4 Å². The van der Waals surface area contributed by atoms with Gasteiger partial charge >= 0.3 is 0 Å². The molecule has 0 fully saturated rings. The van der Waals surface area contributed by atoms with Crippen molar-refractivity contribution in [3.63, 3.8) is 0 Å². The second kappa shape index (κ2) is 13.7. The SMILES string of the molecule is CCOP(=S)(OCC)SCc1c(C)c(C)c(CSP(=S)(OCC)OCC)c(C)c1C. The zero-order valence-corrected chi connectivity index (χ0v) is 24.5. The molecule has 1 rings (SSSR count). The highest BCUT2D eigenvalue weighted by atomic mass is 32.9. The van der Waals surface area contributed by atoms with E-state index in [1.165, 1.54) is 33.4 Å². The van der Waals surface area contributed by atoms with Gasteiger partial charge in [0, 0.05) is 11.5 Å². The van der Waals surface area contributed by atoms with Crippen LogP contribution in [0.4, 0.5) is 0 Å². The number of benzene rings is 1. The second-order valence-corrected chi connectivity index (χ2v) is 19.2. The maximum Gasteiger partial charge on any atom is 0.247 e. The van der Waals surface area contributed by atoms with E-state index in [1.807, 2.05) is 27.7 Å². The summed E-state index contributed by atoms with van der Waals surface area (Å²) >= 11 is 14.7. The highest BCUT2D eigenvalue weighted by Crippen LogP contribution is 2.63. The van der Waals surface area contributed by atoms with Crippen LogP contribution >= 0.6 is 34.2 Å². The predicted octanol–water partition coefficient (Wildman–Crippen LogP) is 7.98. The van der Waals surface area contributed by atoms with Crippen LogP contribution in [0.25, 0.3) is 0 Å². The molecule has 0 unspecified atom stereocenters. The molecule has 0 amide bonds. The van der Waals surface area contributed by atoms with Gasteiger partial charge in [-0.1, -0.05) is 22.8 Å². The van der Waals surface area contributed by atoms with Crippen LogP contribution in [0.3, 0.4) is 0 Å². The Bertz CT molecular complexity index is 687. The molecule has 30 heavy (non-hydrogen) atoms. The highest BCUT2D eigenvalue weighted by molar-refractivity contribution is 8.68. The van der Waals surface area contributed by atoms with Crippen LogP contribution in [0.2, 0.25) is 0 Å². The van der Waals surface area contributed by atoms with Crippen molar-refractivity contribution in [2.24, 2.45) is 0 Å². The van der Waals surface area contributed by atoms with Crippen LogP contribution in [0.15, 0.2) is 0 Å². The second-order valence-electron chi connectivity index (χ2n) is 6.57. The third kappa shape index (κ3) is 8.13. The van der Waals surface area contributed by atoms with Gasteiger partial charge in [-0.15, -0.1) is 0 Å². The largest absolute Gasteiger partial charge is 0.322 e. The van der Waals surface area contributed by atoms with E-state index in [-0.39, 0.29) is 0 Å². The topological polar surface area (TPSA) is 36.9 Å². The third-order valence-corrected chi connectivity index (χ3v) is 15.7. The molecule has 0 saturated carbocycles. The van der Waals surface area contributed by atoms with Crippen molar-refractivity contribution < 1.29 is 18.1 Å². The molecule has 0 radical (unpaired) electrons. The van der Waals surface area contributed by atoms with E-state index in [2.05, 4.69) is 27.7 Å². The number of hydrogen-bond acceptors (Lipinski definition) is 8. The van der Waals surface area contributed by atoms with Crippen molar-refractivity contribution in [2.75, 3.05) is 26.4 Å². The van der Waals surface area contributed by atoms with Crippen molar-refractivity contribution in [1.29, 1.82) is 0 Å². The summed E-state index contributed by atoms with van der Waals surface area (Å²) in [5.41, 5.74) is 3.23. The highest BCUT2D eigenvalue weighted by Gasteiger charge is 2.24. The van der Waals surface area contributed by atoms with Crippen molar-refractivity contribution in [1.82, 2.24) is 0 Å². The predicted molar refractivity (Wildman–Crippen MR) is 143 cm³/mol. The number of rotatable bonds is 14. The lowest BCUT2D eigenvalue weighted by molar-refractivity contribution is 0.280. The van der Waals surface area contributed by atoms with Crippen LogP contribution < -0.4 is 0 Å². The van der Waals surface area contributed by atoms with Crippen molar-refractivity contribution in [3.8, 4) is 0 Å². The fourth-order valence-electron chi connectivity index (χ4n) is 3.04. The molecule has 1 aromatic carbocycles. The van der Waals surface area contributed by atoms with Gasteiger partial charge < -0.3 is 18.1 Å². The summed E-state index contributed by atoms with van der Waals surface area (Å²) in [5, 5.41) is 0. The number of hydrogen-bond donors (Lipinski definition) is 0. The Morgan fingerprint density at radius 3 is 1.00 bits per heavy atom. The lowest BCUT2D eigenvalue weighted by Gasteiger charge is -2.25. The molecular weight excluding hydrogens is 494 g/mol. The normalized spacial score (nSPS) is 12.5. The van der Waals surface area contributed by atoms with E-state index in [0.29, 0.717) is 26.4 Å². The Hall–Kier alpha value is 1.06. The monoisotopic (exact) mass is 530 g/mol. The molecule has 4 nitrogen and oxygen atoms in total. The molecule has 174 valence electrons. The van der Waals surface area contributed by atoms with Crippen LogP contribution in [-0.2, 0) is 53.2 Å². The van der Waals surface area contributed by atoms with Gasteiger partial charge in [0.25, 0.3) is 0 Å². The summed E-state index contributed by atoms with van der Waals surface area (Å²) in [6, 6.07) is 0. The first-order valence-electron chi connectivity index (χ1n) is 10.2. The van der Waals surface area contributed by atoms with E-state index in [9.17, 15) is 0 Å². The van der Waals surface area contributed by atoms with Crippen LogP contribution in [0.5, 0.6) is 0 Å². The summed E-state index contributed by atoms with van der Waals surface area (Å²) in [6.07, 6.45) is 0. The van der Waals surface area contributed by atoms with Crippen molar-refractivity contribution >= 4 is 57.8 Å². The van der Waals surface area contributed by atoms with Crippen LogP contribution in [0.1, 0.15) is 61.1 Å². The van der Waals surface area contributed by atoms with Crippen LogP contribution in [0, 0.1) is 27.7 Å². The quantitative estimate of drug-likeness (QED) is 0.224. The average Bonchev–Trinajstić information content (AvgIpc) is 2.67. The minimum Gasteiger partial charge on any atom is -0.322 e. The third-order valence-electron chi connectivity index (χ3n) is 4.82. The fraction of sp³-hybridized carbons (Fsp3) is 0.700. The molecule has 0 aliphatic heterocycles. The van der Waals surface area contributed by atoms with Gasteiger partial charge in [-0.3, -0.25) is 0 Å². The minimum absolute atomic E-state index is 0.571. The van der Waals surface area contributed by atoms with Gasteiger partial charge in [-0.05, 0) is 112 Å². The van der Waals surface area contributed by atoms with Crippen molar-refractivity contribution in [3.05, 3.63) is 33.4 Å². The molecule has 0 spiro atoms. The molecule has 0 atom stereocenters. The summed E-state index contributed by atoms with van der Waals surface area (Å²) in [5.74, 6) is 1.58. The maximum absolute atomic E-state index is 5.81. The molecule has 10 heteroatoms. The lowest BCUT2D eigenvalue weighted by Crippen LogP contribution is -2.05. The van der Waals surface area contributed by atoms with Gasteiger partial charge in [0.15, 0.2) is 0 Å². The minimum atomic E-state index is -2.31. The Morgan fingerprint density at radius 1 is 0.567 bits per heavy atom. The van der Waals surface area contributed by atoms with E-state index >= 15 is 0 Å². The molecule has 1 aromatic rings. The summed E-state index contributed by atoms with van der Waals surface area (Å²) < 4.78 is 23.2. The molecule has 0 bridgehead atoms. The standard InChI is InChI=1S/C20H36O4P2S4/c1-9-21-25(27,22-10-2)29-13-19-15(5)17(7)20(18(8)16(19)6)14-30-26(28,23-11-3)24-12-4/h9-14H2,1-8H3. The molecule has 0 aliphatic carbocycles. The summed E-state index contributed by atoms with van der Waals surface area (Å²) in [4.78, 5) is 0.